The number of carboxylic acid groups (broad SMARTS) is 2. The number of phenols is 3. The van der Waals surface area contributed by atoms with Crippen LogP contribution in [-0.4, -0.2) is 260 Å². The Kier molecular flexibility index (Phi) is 27.7. The van der Waals surface area contributed by atoms with Crippen LogP contribution in [0, 0.1) is 3.57 Å². The van der Waals surface area contributed by atoms with E-state index < -0.39 is 323 Å². The minimum atomic E-state index is -2.57. The van der Waals surface area contributed by atoms with Crippen molar-refractivity contribution in [2.24, 2.45) is 5.73 Å². The zero-order chi connectivity index (χ0) is 92.0. The maximum Gasteiger partial charge on any atom is 0.330 e. The van der Waals surface area contributed by atoms with E-state index in [9.17, 15) is 101 Å². The molecule has 23 atom stereocenters. The lowest BCUT2D eigenvalue weighted by atomic mass is 9.90. The molecular weight excluding hydrogens is 1850 g/mol. The highest BCUT2D eigenvalue weighted by Crippen LogP contribution is 2.51. The van der Waals surface area contributed by atoms with Gasteiger partial charge in [0.05, 0.1) is 36.3 Å². The molecule has 7 aromatic rings. The zero-order valence-electron chi connectivity index (χ0n) is 66.2. The van der Waals surface area contributed by atoms with Crippen molar-refractivity contribution < 1.29 is 167 Å². The highest BCUT2D eigenvalue weighted by molar-refractivity contribution is 14.1. The third-order valence-corrected chi connectivity index (χ3v) is 23.5. The van der Waals surface area contributed by atoms with Gasteiger partial charge in [-0.25, -0.2) is 4.79 Å². The number of carbonyl (C=O) groups is 10. The second-order valence-corrected chi connectivity index (χ2v) is 32.7. The van der Waals surface area contributed by atoms with Gasteiger partial charge in [0.1, 0.15) is 150 Å². The van der Waals surface area contributed by atoms with Gasteiger partial charge in [0.25, 0.3) is 0 Å². The van der Waals surface area contributed by atoms with Gasteiger partial charge in [0, 0.05) is 46.6 Å². The highest BCUT2D eigenvalue weighted by atomic mass is 127. The van der Waals surface area contributed by atoms with E-state index in [-0.39, 0.29) is 42.5 Å². The van der Waals surface area contributed by atoms with Crippen LogP contribution in [0.5, 0.6) is 63.2 Å². The van der Waals surface area contributed by atoms with E-state index in [1.54, 1.807) is 22.6 Å². The first kappa shape index (κ1) is 92.5. The topological polar surface area (TPSA) is 679 Å². The Morgan fingerprint density at radius 1 is 0.508 bits per heavy atom. The fraction of sp³-hybridized carbons (Fsp3) is 0.366. The maximum absolute atomic E-state index is 17.0. The van der Waals surface area contributed by atoms with Crippen LogP contribution < -0.4 is 72.0 Å². The number of hydrogen-bond donors (Lipinski definition) is 24. The smallest absolute Gasteiger partial charge is 0.330 e. The van der Waals surface area contributed by atoms with Crippen molar-refractivity contribution >= 4 is 105 Å². The second kappa shape index (κ2) is 38.3. The summed E-state index contributed by atoms with van der Waals surface area (Å²) >= 11 is 16.4. The lowest BCUT2D eigenvalue weighted by Gasteiger charge is -2.44. The summed E-state index contributed by atoms with van der Waals surface area (Å²) in [7, 11) is 0. The molecule has 25 N–H and O–H groups in total. The molecular formula is C82H82Cl2IN9O34. The summed E-state index contributed by atoms with van der Waals surface area (Å²) in [5, 5.41) is 186. The number of aliphatic hydroxyl groups excluding tert-OH is 10. The van der Waals surface area contributed by atoms with Crippen LogP contribution in [-0.2, 0) is 73.3 Å². The van der Waals surface area contributed by atoms with E-state index >= 15 is 24.0 Å². The van der Waals surface area contributed by atoms with Crippen LogP contribution in [0.1, 0.15) is 95.0 Å². The van der Waals surface area contributed by atoms with Crippen molar-refractivity contribution in [2.75, 3.05) is 19.8 Å². The highest BCUT2D eigenvalue weighted by Gasteiger charge is 2.52. The number of fused-ring (bicyclic) bond motifs is 14. The number of aliphatic hydroxyl groups is 10. The van der Waals surface area contributed by atoms with E-state index in [4.69, 9.17) is 71.6 Å². The summed E-state index contributed by atoms with van der Waals surface area (Å²) in [4.78, 5) is 149. The quantitative estimate of drug-likeness (QED) is 0.0535. The van der Waals surface area contributed by atoms with Crippen molar-refractivity contribution in [1.82, 2.24) is 42.5 Å². The Morgan fingerprint density at radius 2 is 1.06 bits per heavy atom. The number of nitrogens with one attached hydrogen (secondary N) is 8. The normalized spacial score (nSPS) is 29.4. The van der Waals surface area contributed by atoms with Gasteiger partial charge in [-0.05, 0) is 140 Å². The van der Waals surface area contributed by atoms with Crippen LogP contribution in [0.25, 0.3) is 11.1 Å². The van der Waals surface area contributed by atoms with Crippen molar-refractivity contribution in [1.29, 1.82) is 0 Å². The number of aliphatic carboxylic acids is 2. The van der Waals surface area contributed by atoms with E-state index in [1.165, 1.54) is 42.5 Å². The van der Waals surface area contributed by atoms with Gasteiger partial charge in [0.2, 0.25) is 65.6 Å². The molecule has 0 saturated carbocycles. The third-order valence-electron chi connectivity index (χ3n) is 22.0. The Labute approximate surface area is 744 Å². The third kappa shape index (κ3) is 19.4. The lowest BCUT2D eigenvalue weighted by Crippen LogP contribution is -2.65. The first-order valence-electron chi connectivity index (χ1n) is 39.1. The summed E-state index contributed by atoms with van der Waals surface area (Å²) in [6, 6.07) is 1.31. The van der Waals surface area contributed by atoms with Crippen molar-refractivity contribution in [3.8, 4) is 74.4 Å². The standard InChI is InChI=1S/C82H82Cl2IN9O34/c1-27(98)87-61-67(108)64(105)50(24-95)124-80(61)127-71-31-5-9-45(40(84)17-31)122-49-20-33-19-48(72(49)128-81-62(89-53(102)10-11-54(103)104)68(109)65(106)51(25-96)125-81)121-44-8-2-28(12-39(44)83)13-42-73(112)90-58(32-14-34(99)21-36(15-32)120-46-18-29(4-7-43(46)101)56(86)74(113)88-42)76(115)92-59(33)77(116)91-57-30-3-6-41(85)37(16-30)55-38(60(79(118)119)93-78(117)63(71)94-75(57)114)22-35(100)23-47(55)123-82-70(111)69(110)66(107)52(26-97)126-82/h2-9,12,14-23,42,50-52,56-71,80-82,95-97,99-101,105-111H,10-11,13,24-26,86H2,1H3,(H,87,98)(H,88,113)(H,89,102)(H,90,112)(H,91,116)(H,92,115)(H,93,117)(H,94,114)(H,103,104)(H,118,119)/t42-,50?,51?,52?,56-,57-,58+,59-,60+,61+,62?,63+,64-,65-,66-,67?,68-,69-,70?,71-,80+,81+,82+/m1/s1. The molecule has 9 aliphatic heterocycles. The van der Waals surface area contributed by atoms with Gasteiger partial charge in [-0.1, -0.05) is 47.5 Å². The molecule has 7 aromatic carbocycles. The number of benzene rings is 7. The van der Waals surface area contributed by atoms with Gasteiger partial charge in [-0.2, -0.15) is 0 Å². The number of rotatable bonds is 15. The minimum Gasteiger partial charge on any atom is -0.508 e. The van der Waals surface area contributed by atoms with Crippen LogP contribution >= 0.6 is 45.8 Å². The Balaban J connectivity index is 1.05. The molecule has 680 valence electrons. The summed E-state index contributed by atoms with van der Waals surface area (Å²) in [5.74, 6) is -20.5. The number of aromatic hydroxyl groups is 3. The van der Waals surface area contributed by atoms with E-state index in [0.29, 0.717) is 0 Å². The predicted molar refractivity (Wildman–Crippen MR) is 438 cm³/mol. The molecule has 3 fully saturated rings. The van der Waals surface area contributed by atoms with Gasteiger partial charge in [-0.15, -0.1) is 0 Å². The Morgan fingerprint density at radius 3 is 1.68 bits per heavy atom. The van der Waals surface area contributed by atoms with Crippen molar-refractivity contribution in [3.63, 3.8) is 0 Å². The maximum atomic E-state index is 17.0. The van der Waals surface area contributed by atoms with Crippen LogP contribution in [0.4, 0.5) is 0 Å². The summed E-state index contributed by atoms with van der Waals surface area (Å²) in [6.45, 7) is -2.22. The van der Waals surface area contributed by atoms with Crippen LogP contribution in [0.2, 0.25) is 10.0 Å². The fourth-order valence-corrected chi connectivity index (χ4v) is 16.6. The zero-order valence-corrected chi connectivity index (χ0v) is 69.8. The first-order chi connectivity index (χ1) is 60.9. The average Bonchev–Trinajstić information content (AvgIpc) is 0.749. The number of carbonyl (C=O) groups excluding carboxylic acids is 8. The fourth-order valence-electron chi connectivity index (χ4n) is 15.5. The molecule has 6 unspecified atom stereocenters. The molecule has 128 heavy (non-hydrogen) atoms. The molecule has 0 spiro atoms. The summed E-state index contributed by atoms with van der Waals surface area (Å²) < 4.78 is 57.1. The predicted octanol–water partition coefficient (Wildman–Crippen LogP) is -1.21. The second-order valence-electron chi connectivity index (χ2n) is 30.7. The lowest BCUT2D eigenvalue weighted by molar-refractivity contribution is -0.284. The number of hydrogen-bond acceptors (Lipinski definition) is 33. The molecule has 3 saturated heterocycles. The number of ether oxygens (including phenoxy) is 9. The molecule has 9 heterocycles. The van der Waals surface area contributed by atoms with E-state index in [2.05, 4.69) is 42.5 Å². The van der Waals surface area contributed by atoms with Gasteiger partial charge in [0.15, 0.2) is 35.3 Å². The van der Waals surface area contributed by atoms with E-state index in [0.717, 1.165) is 79.7 Å². The molecule has 17 bridgehead atoms. The van der Waals surface area contributed by atoms with Crippen LogP contribution in [0.15, 0.2) is 115 Å². The van der Waals surface area contributed by atoms with Crippen molar-refractivity contribution in [2.45, 2.75) is 167 Å². The molecule has 9 aliphatic rings. The number of amides is 8. The number of halogens is 3. The monoisotopic (exact) mass is 1930 g/mol. The number of nitrogens with two attached hydrogens (primary N) is 1. The van der Waals surface area contributed by atoms with Gasteiger partial charge >= 0.3 is 11.9 Å². The summed E-state index contributed by atoms with van der Waals surface area (Å²) in [6.07, 6.45) is -31.0. The molecule has 0 aliphatic carbocycles. The minimum absolute atomic E-state index is 0.0166. The average molecular weight is 1940 g/mol. The molecule has 0 radical (unpaired) electrons. The number of carboxylic acids is 2. The van der Waals surface area contributed by atoms with E-state index in [1.807, 2.05) is 0 Å². The number of phenolic OH excluding ortho intramolecular Hbond substituents is 3. The van der Waals surface area contributed by atoms with Gasteiger partial charge in [-0.3, -0.25) is 43.2 Å². The Hall–Kier alpha value is -11.7. The SMILES string of the molecule is CC(=O)N[C@H]1C(O)[C@H](O)C(CO)O[C@H]1O[C@@H]1c2ccc(c(Cl)c2)Oc2cc3cc(c2O[C@@H]2OC(CO)[C@@H](O)[C@H](O)C2NC(=O)CCC(=O)O)Oc2ccc(cc2Cl)C[C@H]2NC(=O)[C@H](N)c4ccc(O)c(c4)Oc4cc(O)cc(c4)[C@H](NC2=O)C(=O)N[C@H]3C(=O)N[C@H]2C(=O)N[C@@H]1C(=O)N[C@H](C(=O)O)c1cc(O)cc(O[C@H]3OC(CO)[C@@H](O)[C@@H](O)C3O)c1-c1cc2ccc1I. The molecule has 0 aromatic heterocycles. The molecule has 43 nitrogen and oxygen atoms in total. The Bertz CT molecular complexity index is 5550. The summed E-state index contributed by atoms with van der Waals surface area (Å²) in [5.41, 5.74) is 3.57. The molecule has 16 rings (SSSR count). The largest absolute Gasteiger partial charge is 0.508 e. The van der Waals surface area contributed by atoms with Gasteiger partial charge < -0.3 is 167 Å². The molecule has 46 heteroatoms. The van der Waals surface area contributed by atoms with Crippen molar-refractivity contribution in [3.05, 3.63) is 168 Å². The first-order valence-corrected chi connectivity index (χ1v) is 41.0. The van der Waals surface area contributed by atoms with Crippen LogP contribution in [0.3, 0.4) is 0 Å². The molecule has 8 amide bonds.